The van der Waals surface area contributed by atoms with Gasteiger partial charge in [-0.25, -0.2) is 4.98 Å². The smallest absolute Gasteiger partial charge is 0.293 e. The van der Waals surface area contributed by atoms with E-state index in [0.29, 0.717) is 11.9 Å². The van der Waals surface area contributed by atoms with E-state index in [4.69, 9.17) is 0 Å². The van der Waals surface area contributed by atoms with Gasteiger partial charge in [0.2, 0.25) is 0 Å². The Labute approximate surface area is 101 Å². The molecule has 0 amide bonds. The monoisotopic (exact) mass is 233 g/mol. The third kappa shape index (κ3) is 2.35. The number of hydrogen-bond donors (Lipinski definition) is 1. The molecule has 4 heteroatoms. The summed E-state index contributed by atoms with van der Waals surface area (Å²) in [6.07, 6.45) is 11.0. The molecule has 0 bridgehead atoms. The molecular weight excluding hydrogens is 214 g/mol. The average molecular weight is 233 g/mol. The van der Waals surface area contributed by atoms with Crippen LogP contribution in [-0.2, 0) is 0 Å². The van der Waals surface area contributed by atoms with Crippen LogP contribution < -0.4 is 10.9 Å². The van der Waals surface area contributed by atoms with E-state index in [-0.39, 0.29) is 5.56 Å². The lowest BCUT2D eigenvalue weighted by atomic mass is 9.83. The van der Waals surface area contributed by atoms with Crippen LogP contribution in [-0.4, -0.2) is 16.1 Å². The van der Waals surface area contributed by atoms with Gasteiger partial charge in [0.1, 0.15) is 0 Å². The van der Waals surface area contributed by atoms with Crippen molar-refractivity contribution in [3.05, 3.63) is 22.7 Å². The van der Waals surface area contributed by atoms with Crippen LogP contribution in [0.15, 0.2) is 17.2 Å². The highest BCUT2D eigenvalue weighted by atomic mass is 16.1. The fourth-order valence-electron chi connectivity index (χ4n) is 2.36. The molecule has 0 aromatic carbocycles. The van der Waals surface area contributed by atoms with Crippen molar-refractivity contribution in [2.75, 3.05) is 11.9 Å². The zero-order chi connectivity index (χ0) is 11.7. The molecule has 3 rings (SSSR count). The van der Waals surface area contributed by atoms with E-state index in [9.17, 15) is 4.79 Å². The Bertz CT molecular complexity index is 446. The second-order valence-electron chi connectivity index (χ2n) is 5.23. The van der Waals surface area contributed by atoms with Crippen molar-refractivity contribution in [1.82, 2.24) is 9.55 Å². The van der Waals surface area contributed by atoms with Gasteiger partial charge in [0.25, 0.3) is 5.56 Å². The standard InChI is InChI=1S/C13H19N3O/c17-13-12(14-7-6-10-2-1-3-10)15-8-9-16(13)11-4-5-11/h8-11H,1-7H2,(H,14,15). The van der Waals surface area contributed by atoms with E-state index in [1.165, 1.54) is 25.7 Å². The summed E-state index contributed by atoms with van der Waals surface area (Å²) >= 11 is 0. The maximum atomic E-state index is 12.0. The highest BCUT2D eigenvalue weighted by molar-refractivity contribution is 5.31. The van der Waals surface area contributed by atoms with E-state index in [0.717, 1.165) is 25.3 Å². The average Bonchev–Trinajstić information content (AvgIpc) is 3.07. The minimum absolute atomic E-state index is 0.0450. The second kappa shape index (κ2) is 4.51. The number of rotatable bonds is 5. The van der Waals surface area contributed by atoms with E-state index in [2.05, 4.69) is 10.3 Å². The van der Waals surface area contributed by atoms with Crippen LogP contribution in [0.3, 0.4) is 0 Å². The maximum Gasteiger partial charge on any atom is 0.293 e. The van der Waals surface area contributed by atoms with E-state index in [1.54, 1.807) is 12.4 Å². The minimum Gasteiger partial charge on any atom is -0.365 e. The molecule has 0 unspecified atom stereocenters. The predicted molar refractivity (Wildman–Crippen MR) is 67.2 cm³/mol. The van der Waals surface area contributed by atoms with Crippen molar-refractivity contribution < 1.29 is 0 Å². The summed E-state index contributed by atoms with van der Waals surface area (Å²) in [4.78, 5) is 16.2. The molecule has 0 atom stereocenters. The van der Waals surface area contributed by atoms with Gasteiger partial charge in [0.05, 0.1) is 0 Å². The van der Waals surface area contributed by atoms with Crippen LogP contribution in [0.2, 0.25) is 0 Å². The van der Waals surface area contributed by atoms with E-state index < -0.39 is 0 Å². The zero-order valence-electron chi connectivity index (χ0n) is 10.1. The van der Waals surface area contributed by atoms with E-state index in [1.807, 2.05) is 4.57 Å². The molecule has 2 fully saturated rings. The largest absolute Gasteiger partial charge is 0.365 e. The minimum atomic E-state index is 0.0450. The first-order valence-electron chi connectivity index (χ1n) is 6.65. The Morgan fingerprint density at radius 1 is 1.35 bits per heavy atom. The number of aromatic nitrogens is 2. The maximum absolute atomic E-state index is 12.0. The van der Waals surface area contributed by atoms with Gasteiger partial charge in [-0.3, -0.25) is 4.79 Å². The summed E-state index contributed by atoms with van der Waals surface area (Å²) < 4.78 is 1.82. The van der Waals surface area contributed by atoms with Crippen molar-refractivity contribution in [3.8, 4) is 0 Å². The van der Waals surface area contributed by atoms with Gasteiger partial charge in [-0.05, 0) is 25.2 Å². The first-order valence-corrected chi connectivity index (χ1v) is 6.65. The van der Waals surface area contributed by atoms with Gasteiger partial charge < -0.3 is 9.88 Å². The van der Waals surface area contributed by atoms with Gasteiger partial charge in [-0.15, -0.1) is 0 Å². The lowest BCUT2D eigenvalue weighted by Crippen LogP contribution is -2.25. The van der Waals surface area contributed by atoms with Gasteiger partial charge in [-0.1, -0.05) is 19.3 Å². The number of hydrogen-bond acceptors (Lipinski definition) is 3. The van der Waals surface area contributed by atoms with Gasteiger partial charge in [0.15, 0.2) is 5.82 Å². The third-order valence-electron chi connectivity index (χ3n) is 3.88. The van der Waals surface area contributed by atoms with Crippen LogP contribution in [0.25, 0.3) is 0 Å². The summed E-state index contributed by atoms with van der Waals surface area (Å²) in [5.41, 5.74) is 0.0450. The van der Waals surface area contributed by atoms with Crippen LogP contribution in [0.5, 0.6) is 0 Å². The van der Waals surface area contributed by atoms with Crippen LogP contribution in [0.4, 0.5) is 5.82 Å². The van der Waals surface area contributed by atoms with Crippen LogP contribution >= 0.6 is 0 Å². The summed E-state index contributed by atoms with van der Waals surface area (Å²) in [5, 5.41) is 3.19. The Morgan fingerprint density at radius 3 is 2.82 bits per heavy atom. The SMILES string of the molecule is O=c1c(NCCC2CCC2)nccn1C1CC1. The molecule has 0 radical (unpaired) electrons. The summed E-state index contributed by atoms with van der Waals surface area (Å²) in [6.45, 7) is 0.877. The Balaban J connectivity index is 1.61. The molecule has 92 valence electrons. The fourth-order valence-corrected chi connectivity index (χ4v) is 2.36. The molecule has 2 aliphatic carbocycles. The van der Waals surface area contributed by atoms with Gasteiger partial charge >= 0.3 is 0 Å². The highest BCUT2D eigenvalue weighted by Crippen LogP contribution is 2.33. The zero-order valence-corrected chi connectivity index (χ0v) is 10.1. The number of nitrogens with zero attached hydrogens (tertiary/aromatic N) is 2. The molecule has 0 aliphatic heterocycles. The fraction of sp³-hybridized carbons (Fsp3) is 0.692. The number of anilines is 1. The molecule has 17 heavy (non-hydrogen) atoms. The normalized spacial score (nSPS) is 20.0. The van der Waals surface area contributed by atoms with Crippen molar-refractivity contribution in [3.63, 3.8) is 0 Å². The van der Waals surface area contributed by atoms with Crippen molar-refractivity contribution in [2.45, 2.75) is 44.6 Å². The molecule has 4 nitrogen and oxygen atoms in total. The second-order valence-corrected chi connectivity index (χ2v) is 5.23. The molecule has 1 N–H and O–H groups in total. The molecule has 1 aromatic rings. The Hall–Kier alpha value is -1.32. The van der Waals surface area contributed by atoms with Crippen molar-refractivity contribution in [2.24, 2.45) is 5.92 Å². The third-order valence-corrected chi connectivity index (χ3v) is 3.88. The van der Waals surface area contributed by atoms with E-state index >= 15 is 0 Å². The predicted octanol–water partition coefficient (Wildman–Crippen LogP) is 2.18. The summed E-state index contributed by atoms with van der Waals surface area (Å²) in [6, 6.07) is 0.428. The Kier molecular flexibility index (Phi) is 2.87. The van der Waals surface area contributed by atoms with Crippen molar-refractivity contribution in [1.29, 1.82) is 0 Å². The first-order chi connectivity index (χ1) is 8.34. The molecular formula is C13H19N3O. The molecule has 0 saturated heterocycles. The van der Waals surface area contributed by atoms with Crippen LogP contribution in [0.1, 0.15) is 44.6 Å². The van der Waals surface area contributed by atoms with Crippen LogP contribution in [0, 0.1) is 5.92 Å². The lowest BCUT2D eigenvalue weighted by molar-refractivity contribution is 0.303. The van der Waals surface area contributed by atoms with Gasteiger partial charge in [-0.2, -0.15) is 0 Å². The highest BCUT2D eigenvalue weighted by Gasteiger charge is 2.25. The molecule has 1 aromatic heterocycles. The summed E-state index contributed by atoms with van der Waals surface area (Å²) in [7, 11) is 0. The molecule has 2 aliphatic rings. The lowest BCUT2D eigenvalue weighted by Gasteiger charge is -2.25. The quantitative estimate of drug-likeness (QED) is 0.848. The van der Waals surface area contributed by atoms with Crippen molar-refractivity contribution >= 4 is 5.82 Å². The topological polar surface area (TPSA) is 46.9 Å². The first kappa shape index (κ1) is 10.8. The molecule has 1 heterocycles. The summed E-state index contributed by atoms with van der Waals surface area (Å²) in [5.74, 6) is 1.40. The molecule has 2 saturated carbocycles. The molecule has 0 spiro atoms. The Morgan fingerprint density at radius 2 is 2.18 bits per heavy atom. The number of nitrogens with one attached hydrogen (secondary N) is 1. The van der Waals surface area contributed by atoms with Gasteiger partial charge in [0, 0.05) is 25.0 Å².